The molecule has 0 saturated heterocycles. The first-order valence-corrected chi connectivity index (χ1v) is 9.68. The smallest absolute Gasteiger partial charge is 0.244 e. The molecule has 0 aliphatic heterocycles. The summed E-state index contributed by atoms with van der Waals surface area (Å²) in [6.07, 6.45) is 3.26. The second kappa shape index (κ2) is 9.69. The Bertz CT molecular complexity index is 1020. The molecule has 0 spiro atoms. The third-order valence-corrected chi connectivity index (χ3v) is 4.79. The molecule has 1 amide bonds. The van der Waals surface area contributed by atoms with Crippen molar-refractivity contribution in [1.82, 2.24) is 25.3 Å². The van der Waals surface area contributed by atoms with E-state index in [2.05, 4.69) is 25.9 Å². The van der Waals surface area contributed by atoms with Gasteiger partial charge in [-0.3, -0.25) is 4.79 Å². The fraction of sp³-hybridized carbons (Fsp3) is 0.273. The number of carbonyl (C=O) groups excluding carboxylic acids is 1. The van der Waals surface area contributed by atoms with Gasteiger partial charge in [0, 0.05) is 24.9 Å². The topological polar surface area (TPSA) is 94.0 Å². The second-order valence-electron chi connectivity index (χ2n) is 6.81. The first kappa shape index (κ1) is 21.0. The molecular weight excluding hydrogens is 380 g/mol. The number of carbonyl (C=O) groups is 1. The number of methoxy groups -OCH3 is 1. The molecule has 3 rings (SSSR count). The molecule has 2 aromatic heterocycles. The van der Waals surface area contributed by atoms with Gasteiger partial charge in [-0.2, -0.15) is 5.10 Å². The Balaban J connectivity index is 1.44. The molecule has 30 heavy (non-hydrogen) atoms. The zero-order valence-corrected chi connectivity index (χ0v) is 17.6. The summed E-state index contributed by atoms with van der Waals surface area (Å²) >= 11 is 0. The number of hydrogen-bond acceptors (Lipinski definition) is 6. The minimum atomic E-state index is -0.158. The molecule has 8 nitrogen and oxygen atoms in total. The van der Waals surface area contributed by atoms with Crippen molar-refractivity contribution >= 4 is 17.8 Å². The lowest BCUT2D eigenvalue weighted by Crippen LogP contribution is -2.27. The van der Waals surface area contributed by atoms with Gasteiger partial charge < -0.3 is 15.4 Å². The fourth-order valence-corrected chi connectivity index (χ4v) is 2.80. The quantitative estimate of drug-likeness (QED) is 0.441. The van der Waals surface area contributed by atoms with Crippen molar-refractivity contribution in [2.24, 2.45) is 0 Å². The number of amides is 1. The predicted molar refractivity (Wildman–Crippen MR) is 117 cm³/mol. The van der Waals surface area contributed by atoms with Crippen LogP contribution < -0.4 is 15.4 Å². The summed E-state index contributed by atoms with van der Waals surface area (Å²) in [5.74, 6) is 1.93. The van der Waals surface area contributed by atoms with Crippen molar-refractivity contribution in [2.75, 3.05) is 25.5 Å². The number of aromatic nitrogens is 4. The SMILES string of the molecule is COc1ccc(/C=C/C(=O)NCCNc2ccc(-n3nc(C)c(C)c3C)nn2)cc1. The van der Waals surface area contributed by atoms with Crippen molar-refractivity contribution in [3.63, 3.8) is 0 Å². The highest BCUT2D eigenvalue weighted by Crippen LogP contribution is 2.15. The Hall–Kier alpha value is -3.68. The number of nitrogens with zero attached hydrogens (tertiary/aromatic N) is 4. The maximum atomic E-state index is 11.9. The lowest BCUT2D eigenvalue weighted by Gasteiger charge is -2.07. The maximum absolute atomic E-state index is 11.9. The predicted octanol–water partition coefficient (Wildman–Crippen LogP) is 2.84. The molecule has 0 bridgehead atoms. The molecular formula is C22H26N6O2. The molecule has 0 atom stereocenters. The van der Waals surface area contributed by atoms with E-state index >= 15 is 0 Å². The average molecular weight is 406 g/mol. The van der Waals surface area contributed by atoms with Crippen LogP contribution in [0.1, 0.15) is 22.5 Å². The molecule has 8 heteroatoms. The van der Waals surface area contributed by atoms with E-state index in [1.165, 1.54) is 6.08 Å². The summed E-state index contributed by atoms with van der Waals surface area (Å²) in [5.41, 5.74) is 4.11. The Morgan fingerprint density at radius 2 is 1.83 bits per heavy atom. The van der Waals surface area contributed by atoms with E-state index in [0.717, 1.165) is 28.3 Å². The van der Waals surface area contributed by atoms with Crippen molar-refractivity contribution in [1.29, 1.82) is 0 Å². The van der Waals surface area contributed by atoms with Gasteiger partial charge in [-0.1, -0.05) is 12.1 Å². The molecule has 0 saturated carbocycles. The molecule has 1 aromatic carbocycles. The summed E-state index contributed by atoms with van der Waals surface area (Å²) in [6, 6.07) is 11.2. The summed E-state index contributed by atoms with van der Waals surface area (Å²) in [7, 11) is 1.62. The van der Waals surface area contributed by atoms with Crippen LogP contribution in [0.25, 0.3) is 11.9 Å². The van der Waals surface area contributed by atoms with Gasteiger partial charge in [0.1, 0.15) is 11.6 Å². The number of anilines is 1. The van der Waals surface area contributed by atoms with E-state index < -0.39 is 0 Å². The van der Waals surface area contributed by atoms with Crippen molar-refractivity contribution in [3.05, 3.63) is 65.0 Å². The zero-order chi connectivity index (χ0) is 21.5. The standard InChI is InChI=1S/C22H26N6O2/c1-15-16(2)27-28(17(15)3)21-11-10-20(25-26-21)23-13-14-24-22(29)12-7-18-5-8-19(30-4)9-6-18/h5-12H,13-14H2,1-4H3,(H,23,25)(H,24,29)/b12-7+. The van der Waals surface area contributed by atoms with E-state index in [4.69, 9.17) is 4.74 Å². The van der Waals surface area contributed by atoms with Gasteiger partial charge in [-0.05, 0) is 62.2 Å². The normalized spacial score (nSPS) is 10.9. The molecule has 2 N–H and O–H groups in total. The number of aryl methyl sites for hydroxylation is 1. The minimum Gasteiger partial charge on any atom is -0.497 e. The summed E-state index contributed by atoms with van der Waals surface area (Å²) in [4.78, 5) is 11.9. The van der Waals surface area contributed by atoms with Gasteiger partial charge in [-0.15, -0.1) is 10.2 Å². The van der Waals surface area contributed by atoms with Crippen LogP contribution in [-0.4, -0.2) is 46.1 Å². The number of hydrogen-bond donors (Lipinski definition) is 2. The first-order valence-electron chi connectivity index (χ1n) is 9.68. The Morgan fingerprint density at radius 1 is 1.07 bits per heavy atom. The fourth-order valence-electron chi connectivity index (χ4n) is 2.80. The third kappa shape index (κ3) is 5.22. The monoisotopic (exact) mass is 406 g/mol. The van der Waals surface area contributed by atoms with E-state index in [0.29, 0.717) is 24.7 Å². The summed E-state index contributed by atoms with van der Waals surface area (Å²) < 4.78 is 6.90. The largest absolute Gasteiger partial charge is 0.497 e. The van der Waals surface area contributed by atoms with Crippen LogP contribution in [0.3, 0.4) is 0 Å². The lowest BCUT2D eigenvalue weighted by molar-refractivity contribution is -0.116. The number of nitrogens with one attached hydrogen (secondary N) is 2. The Labute approximate surface area is 176 Å². The third-order valence-electron chi connectivity index (χ3n) is 4.79. The van der Waals surface area contributed by atoms with Gasteiger partial charge >= 0.3 is 0 Å². The van der Waals surface area contributed by atoms with Crippen LogP contribution in [0.2, 0.25) is 0 Å². The first-order chi connectivity index (χ1) is 14.5. The number of benzene rings is 1. The Kier molecular flexibility index (Phi) is 6.79. The van der Waals surface area contributed by atoms with E-state index in [1.807, 2.05) is 57.2 Å². The highest BCUT2D eigenvalue weighted by atomic mass is 16.5. The molecule has 0 radical (unpaired) electrons. The molecule has 2 heterocycles. The van der Waals surface area contributed by atoms with E-state index in [9.17, 15) is 4.79 Å². The number of ether oxygens (including phenoxy) is 1. The van der Waals surface area contributed by atoms with Gasteiger partial charge in [0.05, 0.1) is 12.8 Å². The highest BCUT2D eigenvalue weighted by Gasteiger charge is 2.10. The van der Waals surface area contributed by atoms with Crippen molar-refractivity contribution in [2.45, 2.75) is 20.8 Å². The summed E-state index contributed by atoms with van der Waals surface area (Å²) in [5, 5.41) is 18.9. The molecule has 0 fully saturated rings. The number of rotatable bonds is 8. The van der Waals surface area contributed by atoms with Crippen molar-refractivity contribution < 1.29 is 9.53 Å². The minimum absolute atomic E-state index is 0.158. The molecule has 0 unspecified atom stereocenters. The zero-order valence-electron chi connectivity index (χ0n) is 17.6. The van der Waals surface area contributed by atoms with Crippen LogP contribution in [-0.2, 0) is 4.79 Å². The van der Waals surface area contributed by atoms with Crippen LogP contribution in [0.5, 0.6) is 5.75 Å². The molecule has 0 aliphatic rings. The average Bonchev–Trinajstić information content (AvgIpc) is 3.03. The van der Waals surface area contributed by atoms with Crippen LogP contribution in [0, 0.1) is 20.8 Å². The van der Waals surface area contributed by atoms with Crippen LogP contribution in [0.4, 0.5) is 5.82 Å². The summed E-state index contributed by atoms with van der Waals surface area (Å²) in [6.45, 7) is 7.02. The molecule has 3 aromatic rings. The second-order valence-corrected chi connectivity index (χ2v) is 6.81. The Morgan fingerprint density at radius 3 is 2.43 bits per heavy atom. The lowest BCUT2D eigenvalue weighted by atomic mass is 10.2. The van der Waals surface area contributed by atoms with Gasteiger partial charge in [0.2, 0.25) is 5.91 Å². The molecule has 0 aliphatic carbocycles. The maximum Gasteiger partial charge on any atom is 0.244 e. The van der Waals surface area contributed by atoms with Crippen molar-refractivity contribution in [3.8, 4) is 11.6 Å². The van der Waals surface area contributed by atoms with Crippen LogP contribution in [0.15, 0.2) is 42.5 Å². The highest BCUT2D eigenvalue weighted by molar-refractivity contribution is 5.91. The molecule has 156 valence electrons. The van der Waals surface area contributed by atoms with E-state index in [1.54, 1.807) is 17.9 Å². The van der Waals surface area contributed by atoms with Crippen LogP contribution >= 0.6 is 0 Å². The van der Waals surface area contributed by atoms with Gasteiger partial charge in [0.15, 0.2) is 5.82 Å². The van der Waals surface area contributed by atoms with E-state index in [-0.39, 0.29) is 5.91 Å². The van der Waals surface area contributed by atoms with Gasteiger partial charge in [-0.25, -0.2) is 4.68 Å². The van der Waals surface area contributed by atoms with Gasteiger partial charge in [0.25, 0.3) is 0 Å².